The fourth-order valence-electron chi connectivity index (χ4n) is 4.12. The second kappa shape index (κ2) is 11.3. The van der Waals surface area contributed by atoms with Crippen LogP contribution in [-0.2, 0) is 9.53 Å². The Balaban J connectivity index is 1.94. The van der Waals surface area contributed by atoms with Crippen molar-refractivity contribution in [1.29, 1.82) is 0 Å². The van der Waals surface area contributed by atoms with Crippen LogP contribution < -0.4 is 10.1 Å². The number of hydrogen-bond donors (Lipinski definition) is 1. The van der Waals surface area contributed by atoms with E-state index in [4.69, 9.17) is 9.47 Å². The van der Waals surface area contributed by atoms with Gasteiger partial charge in [-0.2, -0.15) is 0 Å². The normalized spacial score (nSPS) is 21.3. The third-order valence-corrected chi connectivity index (χ3v) is 6.20. The molecule has 3 rings (SSSR count). The number of carbonyl (C=O) groups is 3. The molecule has 0 fully saturated rings. The van der Waals surface area contributed by atoms with Crippen molar-refractivity contribution in [3.8, 4) is 5.75 Å². The highest BCUT2D eigenvalue weighted by Gasteiger charge is 2.29. The maximum atomic E-state index is 13.5. The third-order valence-electron chi connectivity index (χ3n) is 6.20. The van der Waals surface area contributed by atoms with Gasteiger partial charge in [0.05, 0.1) is 17.7 Å². The van der Waals surface area contributed by atoms with Crippen LogP contribution in [0.25, 0.3) is 0 Å². The van der Waals surface area contributed by atoms with Crippen LogP contribution in [0.5, 0.6) is 5.75 Å². The van der Waals surface area contributed by atoms with Crippen molar-refractivity contribution in [2.45, 2.75) is 32.9 Å². The molecule has 3 atom stereocenters. The van der Waals surface area contributed by atoms with Crippen molar-refractivity contribution in [2.75, 3.05) is 39.2 Å². The van der Waals surface area contributed by atoms with Gasteiger partial charge in [0.25, 0.3) is 11.8 Å². The molecule has 1 aliphatic rings. The number of amides is 3. The number of fused-ring (bicyclic) bond motifs is 1. The van der Waals surface area contributed by atoms with Crippen molar-refractivity contribution in [1.82, 2.24) is 9.80 Å². The zero-order chi connectivity index (χ0) is 25.7. The lowest BCUT2D eigenvalue weighted by Crippen LogP contribution is -2.48. The minimum atomic E-state index is -0.514. The van der Waals surface area contributed by atoms with Crippen LogP contribution in [0.15, 0.2) is 42.5 Å². The summed E-state index contributed by atoms with van der Waals surface area (Å²) in [5, 5.41) is 2.71. The first kappa shape index (κ1) is 26.2. The summed E-state index contributed by atoms with van der Waals surface area (Å²) in [6.45, 7) is 6.31. The Morgan fingerprint density at radius 3 is 2.54 bits per heavy atom. The zero-order valence-electron chi connectivity index (χ0n) is 20.7. The number of anilines is 1. The van der Waals surface area contributed by atoms with Crippen LogP contribution in [0.1, 0.15) is 41.5 Å². The van der Waals surface area contributed by atoms with Crippen molar-refractivity contribution >= 4 is 23.4 Å². The highest BCUT2D eigenvalue weighted by molar-refractivity contribution is 6.05. The molecule has 0 bridgehead atoms. The van der Waals surface area contributed by atoms with Gasteiger partial charge in [-0.15, -0.1) is 0 Å². The third kappa shape index (κ3) is 6.36. The van der Waals surface area contributed by atoms with Crippen LogP contribution in [0.4, 0.5) is 10.1 Å². The van der Waals surface area contributed by atoms with Crippen LogP contribution in [0.2, 0.25) is 0 Å². The van der Waals surface area contributed by atoms with Crippen molar-refractivity contribution in [3.63, 3.8) is 0 Å². The minimum Gasteiger partial charge on any atom is -0.491 e. The first-order valence-electron chi connectivity index (χ1n) is 11.5. The van der Waals surface area contributed by atoms with Gasteiger partial charge < -0.3 is 24.6 Å². The van der Waals surface area contributed by atoms with Gasteiger partial charge in [0.15, 0.2) is 0 Å². The number of likely N-dealkylation sites (N-methyl/N-ethyl adjacent to an activating group) is 1. The topological polar surface area (TPSA) is 88.2 Å². The molecule has 0 aromatic heterocycles. The predicted molar refractivity (Wildman–Crippen MR) is 130 cm³/mol. The summed E-state index contributed by atoms with van der Waals surface area (Å²) in [4.78, 5) is 41.5. The second-order valence-electron chi connectivity index (χ2n) is 8.94. The number of ether oxygens (including phenoxy) is 2. The van der Waals surface area contributed by atoms with E-state index in [1.54, 1.807) is 42.2 Å². The highest BCUT2D eigenvalue weighted by atomic mass is 19.1. The first-order valence-corrected chi connectivity index (χ1v) is 11.5. The van der Waals surface area contributed by atoms with E-state index in [2.05, 4.69) is 5.32 Å². The number of rotatable bonds is 3. The summed E-state index contributed by atoms with van der Waals surface area (Å²) >= 11 is 0. The average molecular weight is 486 g/mol. The lowest BCUT2D eigenvalue weighted by molar-refractivity contribution is -0.133. The zero-order valence-corrected chi connectivity index (χ0v) is 20.7. The molecule has 188 valence electrons. The van der Waals surface area contributed by atoms with E-state index in [-0.39, 0.29) is 47.8 Å². The molecule has 0 radical (unpaired) electrons. The highest BCUT2D eigenvalue weighted by Crippen LogP contribution is 2.27. The summed E-state index contributed by atoms with van der Waals surface area (Å²) in [6.07, 6.45) is -0.272. The van der Waals surface area contributed by atoms with Crippen molar-refractivity contribution < 1.29 is 28.2 Å². The fourth-order valence-corrected chi connectivity index (χ4v) is 4.12. The van der Waals surface area contributed by atoms with E-state index >= 15 is 0 Å². The number of halogens is 1. The molecule has 3 amide bonds. The SMILES string of the molecule is CO[C@@H]1CN(C)C(=O)c2ccc(NC(=O)c3cccc(F)c3)cc2OC[C@H](C)N(C(C)=O)C[C@@H]1C. The van der Waals surface area contributed by atoms with Crippen LogP contribution in [-0.4, -0.2) is 73.5 Å². The first-order chi connectivity index (χ1) is 16.6. The monoisotopic (exact) mass is 485 g/mol. The number of carbonyl (C=O) groups excluding carboxylic acids is 3. The molecule has 1 N–H and O–H groups in total. The van der Waals surface area contributed by atoms with Gasteiger partial charge in [-0.05, 0) is 37.3 Å². The quantitative estimate of drug-likeness (QED) is 0.720. The van der Waals surface area contributed by atoms with E-state index in [1.165, 1.54) is 25.1 Å². The van der Waals surface area contributed by atoms with Crippen molar-refractivity contribution in [3.05, 3.63) is 59.4 Å². The molecule has 35 heavy (non-hydrogen) atoms. The molecule has 0 spiro atoms. The summed E-state index contributed by atoms with van der Waals surface area (Å²) in [5.74, 6) is -1.08. The summed E-state index contributed by atoms with van der Waals surface area (Å²) in [7, 11) is 3.28. The fraction of sp³-hybridized carbons (Fsp3) is 0.423. The average Bonchev–Trinajstić information content (AvgIpc) is 2.82. The number of nitrogens with one attached hydrogen (secondary N) is 1. The molecule has 8 nitrogen and oxygen atoms in total. The Kier molecular flexibility index (Phi) is 8.45. The van der Waals surface area contributed by atoms with Crippen LogP contribution in [0.3, 0.4) is 0 Å². The molecular formula is C26H32FN3O5. The molecule has 0 aliphatic carbocycles. The standard InChI is InChI=1S/C26H32FN3O5/c1-16-13-30(18(3)31)17(2)15-35-23-12-21(28-25(32)19-7-6-8-20(27)11-19)9-10-22(23)26(33)29(4)14-24(16)34-5/h6-12,16-17,24H,13-15H2,1-5H3,(H,28,32)/t16-,17-,24+/m0/s1. The van der Waals surface area contributed by atoms with Crippen LogP contribution >= 0.6 is 0 Å². The Morgan fingerprint density at radius 1 is 1.14 bits per heavy atom. The van der Waals surface area contributed by atoms with Crippen molar-refractivity contribution in [2.24, 2.45) is 5.92 Å². The summed E-state index contributed by atoms with van der Waals surface area (Å²) < 4.78 is 25.2. The Bertz CT molecular complexity index is 1090. The summed E-state index contributed by atoms with van der Waals surface area (Å²) in [6, 6.07) is 9.84. The largest absolute Gasteiger partial charge is 0.491 e. The molecule has 0 saturated carbocycles. The number of benzene rings is 2. The molecule has 9 heteroatoms. The maximum absolute atomic E-state index is 13.5. The van der Waals surface area contributed by atoms with E-state index in [1.807, 2.05) is 13.8 Å². The number of hydrogen-bond acceptors (Lipinski definition) is 5. The number of nitrogens with zero attached hydrogens (tertiary/aromatic N) is 2. The number of methoxy groups -OCH3 is 1. The lowest BCUT2D eigenvalue weighted by Gasteiger charge is -2.35. The van der Waals surface area contributed by atoms with Gasteiger partial charge in [0.2, 0.25) is 5.91 Å². The van der Waals surface area contributed by atoms with Gasteiger partial charge >= 0.3 is 0 Å². The molecule has 2 aromatic carbocycles. The van der Waals surface area contributed by atoms with E-state index < -0.39 is 11.7 Å². The Hall–Kier alpha value is -3.46. The maximum Gasteiger partial charge on any atom is 0.257 e. The van der Waals surface area contributed by atoms with Gasteiger partial charge in [-0.1, -0.05) is 13.0 Å². The minimum absolute atomic E-state index is 0.0130. The molecular weight excluding hydrogens is 453 g/mol. The molecule has 1 aliphatic heterocycles. The smallest absolute Gasteiger partial charge is 0.257 e. The molecule has 0 unspecified atom stereocenters. The lowest BCUT2D eigenvalue weighted by atomic mass is 10.0. The molecule has 2 aromatic rings. The Morgan fingerprint density at radius 2 is 1.89 bits per heavy atom. The van der Waals surface area contributed by atoms with E-state index in [9.17, 15) is 18.8 Å². The van der Waals surface area contributed by atoms with Gasteiger partial charge in [-0.25, -0.2) is 4.39 Å². The predicted octanol–water partition coefficient (Wildman–Crippen LogP) is 3.43. The Labute approximate surface area is 205 Å². The van der Waals surface area contributed by atoms with E-state index in [0.29, 0.717) is 24.3 Å². The summed E-state index contributed by atoms with van der Waals surface area (Å²) in [5.41, 5.74) is 0.876. The van der Waals surface area contributed by atoms with E-state index in [0.717, 1.165) is 6.07 Å². The van der Waals surface area contributed by atoms with Gasteiger partial charge in [0.1, 0.15) is 18.2 Å². The molecule has 1 heterocycles. The molecule has 0 saturated heterocycles. The van der Waals surface area contributed by atoms with Crippen LogP contribution in [0, 0.1) is 11.7 Å². The van der Waals surface area contributed by atoms with Gasteiger partial charge in [0, 0.05) is 57.4 Å². The van der Waals surface area contributed by atoms with Gasteiger partial charge in [-0.3, -0.25) is 14.4 Å². The second-order valence-corrected chi connectivity index (χ2v) is 8.94.